The Morgan fingerprint density at radius 3 is 2.56 bits per heavy atom. The second-order valence-electron chi connectivity index (χ2n) is 4.11. The number of carboxylic acid groups (broad SMARTS) is 1. The van der Waals surface area contributed by atoms with Crippen LogP contribution in [-0.4, -0.2) is 48.9 Å². The van der Waals surface area contributed by atoms with Crippen LogP contribution in [0.4, 0.5) is 0 Å². The molecule has 0 aromatic carbocycles. The van der Waals surface area contributed by atoms with Crippen LogP contribution >= 0.6 is 0 Å². The van der Waals surface area contributed by atoms with Crippen molar-refractivity contribution < 1.29 is 24.2 Å². The number of nitrogens with one attached hydrogen (secondary N) is 1. The molecule has 0 spiro atoms. The highest BCUT2D eigenvalue weighted by Crippen LogP contribution is 2.19. The molecule has 1 fully saturated rings. The fourth-order valence-electron chi connectivity index (χ4n) is 1.55. The van der Waals surface area contributed by atoms with Crippen LogP contribution < -0.4 is 5.32 Å². The number of carbonyl (C=O) groups is 2. The minimum absolute atomic E-state index is 0.219. The van der Waals surface area contributed by atoms with Gasteiger partial charge in [-0.15, -0.1) is 0 Å². The molecule has 2 N–H and O–H groups in total. The van der Waals surface area contributed by atoms with Gasteiger partial charge in [0, 0.05) is 18.8 Å². The minimum Gasteiger partial charge on any atom is -0.480 e. The summed E-state index contributed by atoms with van der Waals surface area (Å²) in [6.07, 6.45) is 1.52. The minimum atomic E-state index is -1.08. The second-order valence-corrected chi connectivity index (χ2v) is 4.11. The smallest absolute Gasteiger partial charge is 0.329 e. The highest BCUT2D eigenvalue weighted by molar-refractivity contribution is 5.78. The Hall–Kier alpha value is -1.14. The van der Waals surface area contributed by atoms with E-state index in [0.717, 1.165) is 12.8 Å². The number of rotatable bonds is 5. The van der Waals surface area contributed by atoms with E-state index in [4.69, 9.17) is 14.6 Å². The van der Waals surface area contributed by atoms with Crippen molar-refractivity contribution in [2.75, 3.05) is 26.4 Å². The number of hydrogen-bond donors (Lipinski definition) is 2. The highest BCUT2D eigenvalue weighted by Gasteiger charge is 2.28. The van der Waals surface area contributed by atoms with Crippen molar-refractivity contribution in [3.63, 3.8) is 0 Å². The SMILES string of the molecule is CC1(NC(=O)COCC(=O)O)CCOCC1. The molecule has 0 aromatic heterocycles. The molecule has 1 aliphatic heterocycles. The first kappa shape index (κ1) is 12.9. The third kappa shape index (κ3) is 4.59. The number of amides is 1. The zero-order valence-corrected chi connectivity index (χ0v) is 9.32. The largest absolute Gasteiger partial charge is 0.480 e. The van der Waals surface area contributed by atoms with Gasteiger partial charge in [-0.3, -0.25) is 4.79 Å². The van der Waals surface area contributed by atoms with Gasteiger partial charge in [-0.25, -0.2) is 4.79 Å². The van der Waals surface area contributed by atoms with Crippen LogP contribution in [0.3, 0.4) is 0 Å². The Morgan fingerprint density at radius 2 is 2.00 bits per heavy atom. The molecule has 0 aromatic rings. The third-order valence-corrected chi connectivity index (χ3v) is 2.50. The van der Waals surface area contributed by atoms with Crippen molar-refractivity contribution in [3.8, 4) is 0 Å². The van der Waals surface area contributed by atoms with Gasteiger partial charge in [-0.2, -0.15) is 0 Å². The van der Waals surface area contributed by atoms with Gasteiger partial charge in [0.25, 0.3) is 0 Å². The zero-order valence-electron chi connectivity index (χ0n) is 9.32. The van der Waals surface area contributed by atoms with Crippen LogP contribution in [0.25, 0.3) is 0 Å². The molecule has 1 aliphatic rings. The summed E-state index contributed by atoms with van der Waals surface area (Å²) in [5.74, 6) is -1.37. The summed E-state index contributed by atoms with van der Waals surface area (Å²) in [6.45, 7) is 2.54. The molecule has 0 atom stereocenters. The Bertz CT molecular complexity index is 260. The van der Waals surface area contributed by atoms with E-state index >= 15 is 0 Å². The van der Waals surface area contributed by atoms with Crippen molar-refractivity contribution in [2.45, 2.75) is 25.3 Å². The quantitative estimate of drug-likeness (QED) is 0.683. The lowest BCUT2D eigenvalue weighted by Gasteiger charge is -2.34. The van der Waals surface area contributed by atoms with Crippen molar-refractivity contribution in [3.05, 3.63) is 0 Å². The Morgan fingerprint density at radius 1 is 1.38 bits per heavy atom. The van der Waals surface area contributed by atoms with Crippen LogP contribution in [0.1, 0.15) is 19.8 Å². The molecule has 0 radical (unpaired) electrons. The fourth-order valence-corrected chi connectivity index (χ4v) is 1.55. The van der Waals surface area contributed by atoms with Crippen molar-refractivity contribution in [2.24, 2.45) is 0 Å². The van der Waals surface area contributed by atoms with E-state index in [9.17, 15) is 9.59 Å². The molecule has 0 bridgehead atoms. The lowest BCUT2D eigenvalue weighted by Crippen LogP contribution is -2.50. The van der Waals surface area contributed by atoms with Gasteiger partial charge in [0.05, 0.1) is 0 Å². The van der Waals surface area contributed by atoms with Gasteiger partial charge >= 0.3 is 5.97 Å². The molecule has 6 nitrogen and oxygen atoms in total. The topological polar surface area (TPSA) is 84.9 Å². The third-order valence-electron chi connectivity index (χ3n) is 2.50. The lowest BCUT2D eigenvalue weighted by atomic mass is 9.92. The van der Waals surface area contributed by atoms with Gasteiger partial charge in [0.15, 0.2) is 0 Å². The Kier molecular flexibility index (Phi) is 4.70. The fraction of sp³-hybridized carbons (Fsp3) is 0.800. The predicted octanol–water partition coefficient (Wildman–Crippen LogP) is -0.227. The van der Waals surface area contributed by atoms with E-state index in [1.807, 2.05) is 6.92 Å². The summed E-state index contributed by atoms with van der Waals surface area (Å²) >= 11 is 0. The average Bonchev–Trinajstić information content (AvgIpc) is 2.17. The molecule has 1 amide bonds. The maximum atomic E-state index is 11.4. The molecule has 0 unspecified atom stereocenters. The molecule has 0 aliphatic carbocycles. The maximum absolute atomic E-state index is 11.4. The number of hydrogen-bond acceptors (Lipinski definition) is 4. The number of carbonyl (C=O) groups excluding carboxylic acids is 1. The number of carboxylic acids is 1. The van der Waals surface area contributed by atoms with Crippen molar-refractivity contribution in [1.82, 2.24) is 5.32 Å². The number of ether oxygens (including phenoxy) is 2. The van der Waals surface area contributed by atoms with Gasteiger partial charge < -0.3 is 19.9 Å². The molecule has 16 heavy (non-hydrogen) atoms. The molecule has 0 saturated carbocycles. The van der Waals surface area contributed by atoms with E-state index in [-0.39, 0.29) is 18.1 Å². The van der Waals surface area contributed by atoms with Crippen LogP contribution in [0.15, 0.2) is 0 Å². The number of aliphatic carboxylic acids is 1. The van der Waals surface area contributed by atoms with E-state index < -0.39 is 12.6 Å². The molecular formula is C10H17NO5. The van der Waals surface area contributed by atoms with Crippen LogP contribution in [0, 0.1) is 0 Å². The second kappa shape index (κ2) is 5.81. The van der Waals surface area contributed by atoms with Gasteiger partial charge in [-0.05, 0) is 19.8 Å². The molecule has 1 heterocycles. The molecule has 6 heteroatoms. The zero-order chi connectivity index (χ0) is 12.0. The summed E-state index contributed by atoms with van der Waals surface area (Å²) in [5.41, 5.74) is -0.262. The summed E-state index contributed by atoms with van der Waals surface area (Å²) in [7, 11) is 0. The summed E-state index contributed by atoms with van der Waals surface area (Å²) in [5, 5.41) is 11.2. The lowest BCUT2D eigenvalue weighted by molar-refractivity contribution is -0.144. The van der Waals surface area contributed by atoms with Crippen molar-refractivity contribution >= 4 is 11.9 Å². The monoisotopic (exact) mass is 231 g/mol. The van der Waals surface area contributed by atoms with E-state index in [0.29, 0.717) is 13.2 Å². The Labute approximate surface area is 93.9 Å². The first-order chi connectivity index (χ1) is 7.52. The van der Waals surface area contributed by atoms with Crippen LogP contribution in [0.5, 0.6) is 0 Å². The molecular weight excluding hydrogens is 214 g/mol. The van der Waals surface area contributed by atoms with Crippen LogP contribution in [-0.2, 0) is 19.1 Å². The first-order valence-electron chi connectivity index (χ1n) is 5.20. The first-order valence-corrected chi connectivity index (χ1v) is 5.20. The summed E-state index contributed by atoms with van der Waals surface area (Å²) in [4.78, 5) is 21.6. The summed E-state index contributed by atoms with van der Waals surface area (Å²) in [6, 6.07) is 0. The standard InChI is InChI=1S/C10H17NO5/c1-10(2-4-15-5-3-10)11-8(12)6-16-7-9(13)14/h2-7H2,1H3,(H,11,12)(H,13,14). The molecule has 1 rings (SSSR count). The van der Waals surface area contributed by atoms with E-state index in [1.165, 1.54) is 0 Å². The predicted molar refractivity (Wildman–Crippen MR) is 55.1 cm³/mol. The van der Waals surface area contributed by atoms with Gasteiger partial charge in [0.2, 0.25) is 5.91 Å². The Balaban J connectivity index is 2.24. The molecule has 92 valence electrons. The maximum Gasteiger partial charge on any atom is 0.329 e. The normalized spacial score (nSPS) is 19.1. The van der Waals surface area contributed by atoms with E-state index in [2.05, 4.69) is 5.32 Å². The summed E-state index contributed by atoms with van der Waals surface area (Å²) < 4.78 is 9.90. The van der Waals surface area contributed by atoms with E-state index in [1.54, 1.807) is 0 Å². The van der Waals surface area contributed by atoms with Gasteiger partial charge in [0.1, 0.15) is 13.2 Å². The van der Waals surface area contributed by atoms with Crippen molar-refractivity contribution in [1.29, 1.82) is 0 Å². The van der Waals surface area contributed by atoms with Gasteiger partial charge in [-0.1, -0.05) is 0 Å². The average molecular weight is 231 g/mol. The highest BCUT2D eigenvalue weighted by atomic mass is 16.5. The molecule has 1 saturated heterocycles. The van der Waals surface area contributed by atoms with Crippen LogP contribution in [0.2, 0.25) is 0 Å².